The molecule has 1 N–H and O–H groups in total. The molecule has 0 saturated carbocycles. The van der Waals surface area contributed by atoms with Gasteiger partial charge in [0.2, 0.25) is 0 Å². The summed E-state index contributed by atoms with van der Waals surface area (Å²) in [4.78, 5) is 17.7. The van der Waals surface area contributed by atoms with Gasteiger partial charge >= 0.3 is 0 Å². The van der Waals surface area contributed by atoms with E-state index in [1.165, 1.54) is 0 Å². The van der Waals surface area contributed by atoms with Gasteiger partial charge in [-0.2, -0.15) is 5.10 Å². The molecule has 4 aromatic carbocycles. The Morgan fingerprint density at radius 1 is 0.882 bits per heavy atom. The van der Waals surface area contributed by atoms with Gasteiger partial charge < -0.3 is 5.32 Å². The van der Waals surface area contributed by atoms with Crippen molar-refractivity contribution in [3.8, 4) is 11.3 Å². The molecule has 0 atom stereocenters. The highest BCUT2D eigenvalue weighted by Gasteiger charge is 2.16. The summed E-state index contributed by atoms with van der Waals surface area (Å²) in [5.41, 5.74) is 5.54. The largest absolute Gasteiger partial charge is 0.322 e. The van der Waals surface area contributed by atoms with Crippen LogP contribution in [0.2, 0.25) is 5.02 Å². The molecule has 0 unspecified atom stereocenters. The van der Waals surface area contributed by atoms with Crippen molar-refractivity contribution in [1.82, 2.24) is 14.6 Å². The number of aromatic nitrogens is 3. The topological polar surface area (TPSA) is 59.3 Å². The molecular formula is C27H16ClIN4O. The first-order valence-corrected chi connectivity index (χ1v) is 12.1. The van der Waals surface area contributed by atoms with Crippen LogP contribution in [0.4, 0.5) is 5.69 Å². The molecule has 2 heterocycles. The van der Waals surface area contributed by atoms with E-state index >= 15 is 0 Å². The average molecular weight is 575 g/mol. The fourth-order valence-corrected chi connectivity index (χ4v) is 4.88. The normalized spacial score (nSPS) is 11.4. The van der Waals surface area contributed by atoms with Crippen molar-refractivity contribution in [2.75, 3.05) is 5.32 Å². The number of nitrogens with one attached hydrogen (secondary N) is 1. The number of amides is 1. The van der Waals surface area contributed by atoms with Crippen LogP contribution < -0.4 is 5.32 Å². The number of hydrogen-bond acceptors (Lipinski definition) is 3. The van der Waals surface area contributed by atoms with Crippen LogP contribution in [0.25, 0.3) is 38.7 Å². The quantitative estimate of drug-likeness (QED) is 0.227. The Bertz CT molecular complexity index is 1730. The van der Waals surface area contributed by atoms with Crippen LogP contribution >= 0.6 is 34.2 Å². The van der Waals surface area contributed by atoms with Gasteiger partial charge in [0.1, 0.15) is 0 Å². The number of anilines is 1. The van der Waals surface area contributed by atoms with Crippen LogP contribution in [0.5, 0.6) is 0 Å². The number of benzene rings is 4. The summed E-state index contributed by atoms with van der Waals surface area (Å²) >= 11 is 8.27. The molecule has 0 aliphatic carbocycles. The van der Waals surface area contributed by atoms with Crippen molar-refractivity contribution in [2.45, 2.75) is 0 Å². The lowest BCUT2D eigenvalue weighted by Gasteiger charge is -2.09. The summed E-state index contributed by atoms with van der Waals surface area (Å²) in [5, 5.41) is 10.7. The molecular weight excluding hydrogens is 559 g/mol. The maximum absolute atomic E-state index is 12.8. The average Bonchev–Trinajstić information content (AvgIpc) is 3.22. The Kier molecular flexibility index (Phi) is 5.19. The number of nitrogens with zero attached hydrogens (tertiary/aromatic N) is 3. The monoisotopic (exact) mass is 574 g/mol. The predicted octanol–water partition coefficient (Wildman–Crippen LogP) is 7.21. The SMILES string of the molecule is O=C(Nc1ccc2c(c1)nc1c3ccccc3c(-c3ccc(Cl)cc3)nn21)c1ccccc1I. The van der Waals surface area contributed by atoms with Gasteiger partial charge in [0.25, 0.3) is 5.91 Å². The maximum atomic E-state index is 12.8. The molecule has 164 valence electrons. The number of hydrogen-bond donors (Lipinski definition) is 1. The fourth-order valence-electron chi connectivity index (χ4n) is 4.12. The summed E-state index contributed by atoms with van der Waals surface area (Å²) in [5.74, 6) is -0.151. The van der Waals surface area contributed by atoms with Crippen LogP contribution in [0, 0.1) is 3.57 Å². The molecule has 0 aliphatic rings. The van der Waals surface area contributed by atoms with Gasteiger partial charge in [-0.05, 0) is 65.1 Å². The van der Waals surface area contributed by atoms with Crippen LogP contribution in [0.3, 0.4) is 0 Å². The Labute approximate surface area is 213 Å². The Morgan fingerprint density at radius 3 is 2.41 bits per heavy atom. The summed E-state index contributed by atoms with van der Waals surface area (Å²) in [6, 6.07) is 29.0. The third kappa shape index (κ3) is 3.59. The first-order chi connectivity index (χ1) is 16.6. The molecule has 0 bridgehead atoms. The Morgan fingerprint density at radius 2 is 1.62 bits per heavy atom. The highest BCUT2D eigenvalue weighted by molar-refractivity contribution is 14.1. The van der Waals surface area contributed by atoms with Crippen molar-refractivity contribution < 1.29 is 4.79 Å². The lowest BCUT2D eigenvalue weighted by atomic mass is 10.1. The Balaban J connectivity index is 1.50. The molecule has 6 aromatic rings. The van der Waals surface area contributed by atoms with Gasteiger partial charge in [-0.1, -0.05) is 60.1 Å². The minimum absolute atomic E-state index is 0.151. The van der Waals surface area contributed by atoms with Gasteiger partial charge in [0.05, 0.1) is 22.3 Å². The molecule has 34 heavy (non-hydrogen) atoms. The first-order valence-electron chi connectivity index (χ1n) is 10.6. The van der Waals surface area contributed by atoms with Gasteiger partial charge in [-0.25, -0.2) is 9.50 Å². The Hall–Kier alpha value is -3.49. The zero-order chi connectivity index (χ0) is 23.2. The number of carbonyl (C=O) groups is 1. The van der Waals surface area contributed by atoms with Crippen molar-refractivity contribution in [1.29, 1.82) is 0 Å². The van der Waals surface area contributed by atoms with Crippen LogP contribution in [-0.4, -0.2) is 20.5 Å². The van der Waals surface area contributed by atoms with E-state index in [9.17, 15) is 4.79 Å². The third-order valence-electron chi connectivity index (χ3n) is 5.75. The summed E-state index contributed by atoms with van der Waals surface area (Å²) in [6.45, 7) is 0. The van der Waals surface area contributed by atoms with Crippen LogP contribution in [-0.2, 0) is 0 Å². The maximum Gasteiger partial charge on any atom is 0.256 e. The van der Waals surface area contributed by atoms with E-state index in [0.29, 0.717) is 16.3 Å². The molecule has 1 amide bonds. The number of fused-ring (bicyclic) bond motifs is 5. The van der Waals surface area contributed by atoms with E-state index in [1.807, 2.05) is 83.4 Å². The summed E-state index contributed by atoms with van der Waals surface area (Å²) in [6.07, 6.45) is 0. The highest BCUT2D eigenvalue weighted by Crippen LogP contribution is 2.32. The van der Waals surface area contributed by atoms with E-state index in [2.05, 4.69) is 40.0 Å². The molecule has 0 spiro atoms. The van der Waals surface area contributed by atoms with Gasteiger partial charge in [0, 0.05) is 30.6 Å². The van der Waals surface area contributed by atoms with E-state index in [0.717, 1.165) is 42.3 Å². The number of carbonyl (C=O) groups excluding carboxylic acids is 1. The smallest absolute Gasteiger partial charge is 0.256 e. The van der Waals surface area contributed by atoms with Crippen molar-refractivity contribution in [3.63, 3.8) is 0 Å². The predicted molar refractivity (Wildman–Crippen MR) is 146 cm³/mol. The molecule has 2 aromatic heterocycles. The van der Waals surface area contributed by atoms with E-state index in [1.54, 1.807) is 0 Å². The van der Waals surface area contributed by atoms with Crippen molar-refractivity contribution in [2.24, 2.45) is 0 Å². The van der Waals surface area contributed by atoms with Gasteiger partial charge in [-0.3, -0.25) is 4.79 Å². The zero-order valence-electron chi connectivity index (χ0n) is 17.7. The second kappa shape index (κ2) is 8.38. The molecule has 0 saturated heterocycles. The van der Waals surface area contributed by atoms with Gasteiger partial charge in [-0.15, -0.1) is 0 Å². The van der Waals surface area contributed by atoms with E-state index in [4.69, 9.17) is 21.7 Å². The summed E-state index contributed by atoms with van der Waals surface area (Å²) < 4.78 is 2.77. The van der Waals surface area contributed by atoms with E-state index in [-0.39, 0.29) is 5.91 Å². The zero-order valence-corrected chi connectivity index (χ0v) is 20.6. The van der Waals surface area contributed by atoms with Crippen molar-refractivity contribution in [3.05, 3.63) is 105 Å². The molecule has 6 rings (SSSR count). The van der Waals surface area contributed by atoms with E-state index < -0.39 is 0 Å². The molecule has 0 radical (unpaired) electrons. The van der Waals surface area contributed by atoms with Crippen molar-refractivity contribution >= 4 is 73.2 Å². The third-order valence-corrected chi connectivity index (χ3v) is 6.94. The second-order valence-electron chi connectivity index (χ2n) is 7.89. The fraction of sp³-hybridized carbons (Fsp3) is 0. The lowest BCUT2D eigenvalue weighted by molar-refractivity contribution is 0.102. The van der Waals surface area contributed by atoms with Crippen LogP contribution in [0.1, 0.15) is 10.4 Å². The van der Waals surface area contributed by atoms with Gasteiger partial charge in [0.15, 0.2) is 5.65 Å². The van der Waals surface area contributed by atoms with Crippen LogP contribution in [0.15, 0.2) is 91.0 Å². The minimum Gasteiger partial charge on any atom is -0.322 e. The first kappa shape index (κ1) is 21.1. The molecule has 0 aliphatic heterocycles. The lowest BCUT2D eigenvalue weighted by Crippen LogP contribution is -2.13. The number of halogens is 2. The standard InChI is InChI=1S/C27H16ClIN4O/c28-17-11-9-16(10-12-17)25-19-5-1-2-6-20(19)26-31-23-15-18(13-14-24(23)33(26)32-25)30-27(34)21-7-3-4-8-22(21)29/h1-15H,(H,30,34). The number of rotatable bonds is 3. The second-order valence-corrected chi connectivity index (χ2v) is 9.48. The minimum atomic E-state index is -0.151. The highest BCUT2D eigenvalue weighted by atomic mass is 127. The summed E-state index contributed by atoms with van der Waals surface area (Å²) in [7, 11) is 0. The molecule has 7 heteroatoms. The molecule has 5 nitrogen and oxygen atoms in total. The number of imidazole rings is 1. The molecule has 0 fully saturated rings.